The average molecular weight is 177 g/mol. The van der Waals surface area contributed by atoms with Gasteiger partial charge in [0.15, 0.2) is 0 Å². The summed E-state index contributed by atoms with van der Waals surface area (Å²) in [6.45, 7) is 2.26. The maximum absolute atomic E-state index is 4.03. The van der Waals surface area contributed by atoms with E-state index in [0.717, 1.165) is 5.82 Å². The van der Waals surface area contributed by atoms with Crippen LogP contribution in [0.5, 0.6) is 0 Å². The molecule has 1 heterocycles. The van der Waals surface area contributed by atoms with Gasteiger partial charge in [0, 0.05) is 11.7 Å². The second-order valence-corrected chi connectivity index (χ2v) is 4.00. The van der Waals surface area contributed by atoms with Crippen LogP contribution in [0.1, 0.15) is 32.6 Å². The molecule has 1 aliphatic carbocycles. The Hall–Kier alpha value is -1.12. The van der Waals surface area contributed by atoms with Crippen molar-refractivity contribution in [1.82, 2.24) is 10.2 Å². The van der Waals surface area contributed by atoms with Crippen LogP contribution >= 0.6 is 0 Å². The van der Waals surface area contributed by atoms with E-state index in [0.29, 0.717) is 0 Å². The minimum absolute atomic E-state index is 0.246. The highest BCUT2D eigenvalue weighted by atomic mass is 15.2. The summed E-state index contributed by atoms with van der Waals surface area (Å²) in [5.41, 5.74) is 0.246. The zero-order chi connectivity index (χ0) is 9.15. The first-order valence-electron chi connectivity index (χ1n) is 4.84. The van der Waals surface area contributed by atoms with E-state index in [2.05, 4.69) is 22.4 Å². The molecule has 0 bridgehead atoms. The highest BCUT2D eigenvalue weighted by Crippen LogP contribution is 2.31. The second-order valence-electron chi connectivity index (χ2n) is 4.00. The Morgan fingerprint density at radius 1 is 1.38 bits per heavy atom. The minimum Gasteiger partial charge on any atom is -0.363 e. The highest BCUT2D eigenvalue weighted by molar-refractivity contribution is 5.35. The maximum atomic E-state index is 4.03. The standard InChI is InChI=1S/C10H15N3/c1-10(6-2-3-7-10)12-9-5-4-8-11-13-9/h4-5,8H,2-3,6-7H2,1H3,(H,12,13). The summed E-state index contributed by atoms with van der Waals surface area (Å²) in [6, 6.07) is 3.88. The van der Waals surface area contributed by atoms with E-state index >= 15 is 0 Å². The number of hydrogen-bond acceptors (Lipinski definition) is 3. The summed E-state index contributed by atoms with van der Waals surface area (Å²) in [6.07, 6.45) is 6.82. The van der Waals surface area contributed by atoms with E-state index in [4.69, 9.17) is 0 Å². The lowest BCUT2D eigenvalue weighted by molar-refractivity contribution is 0.530. The number of aromatic nitrogens is 2. The molecule has 1 aliphatic rings. The lowest BCUT2D eigenvalue weighted by Crippen LogP contribution is -2.31. The Kier molecular flexibility index (Phi) is 2.17. The monoisotopic (exact) mass is 177 g/mol. The lowest BCUT2D eigenvalue weighted by atomic mass is 10.0. The second kappa shape index (κ2) is 3.32. The van der Waals surface area contributed by atoms with E-state index in [-0.39, 0.29) is 5.54 Å². The van der Waals surface area contributed by atoms with Gasteiger partial charge in [-0.15, -0.1) is 5.10 Å². The molecule has 0 amide bonds. The lowest BCUT2D eigenvalue weighted by Gasteiger charge is -2.25. The molecule has 1 N–H and O–H groups in total. The Balaban J connectivity index is 2.05. The van der Waals surface area contributed by atoms with Crippen molar-refractivity contribution in [1.29, 1.82) is 0 Å². The predicted molar refractivity (Wildman–Crippen MR) is 52.5 cm³/mol. The number of anilines is 1. The Morgan fingerprint density at radius 2 is 2.15 bits per heavy atom. The van der Waals surface area contributed by atoms with Crippen LogP contribution in [0.25, 0.3) is 0 Å². The maximum Gasteiger partial charge on any atom is 0.149 e. The smallest absolute Gasteiger partial charge is 0.149 e. The quantitative estimate of drug-likeness (QED) is 0.752. The molecule has 1 fully saturated rings. The van der Waals surface area contributed by atoms with Gasteiger partial charge < -0.3 is 5.32 Å². The largest absolute Gasteiger partial charge is 0.363 e. The van der Waals surface area contributed by atoms with E-state index < -0.39 is 0 Å². The Bertz CT molecular complexity index is 265. The first-order valence-corrected chi connectivity index (χ1v) is 4.84. The zero-order valence-electron chi connectivity index (χ0n) is 7.95. The molecule has 70 valence electrons. The summed E-state index contributed by atoms with van der Waals surface area (Å²) in [5, 5.41) is 11.3. The number of nitrogens with zero attached hydrogens (tertiary/aromatic N) is 2. The molecule has 1 aromatic heterocycles. The van der Waals surface area contributed by atoms with Gasteiger partial charge in [0.1, 0.15) is 5.82 Å². The van der Waals surface area contributed by atoms with Crippen LogP contribution in [0.2, 0.25) is 0 Å². The topological polar surface area (TPSA) is 37.8 Å². The van der Waals surface area contributed by atoms with Crippen molar-refractivity contribution < 1.29 is 0 Å². The van der Waals surface area contributed by atoms with E-state index in [1.54, 1.807) is 6.20 Å². The normalized spacial score (nSPS) is 20.1. The van der Waals surface area contributed by atoms with Crippen molar-refractivity contribution in [2.24, 2.45) is 0 Å². The number of nitrogens with one attached hydrogen (secondary N) is 1. The van der Waals surface area contributed by atoms with E-state index in [1.807, 2.05) is 12.1 Å². The van der Waals surface area contributed by atoms with Gasteiger partial charge in [-0.05, 0) is 31.9 Å². The van der Waals surface area contributed by atoms with E-state index in [1.165, 1.54) is 25.7 Å². The zero-order valence-corrected chi connectivity index (χ0v) is 7.95. The van der Waals surface area contributed by atoms with Gasteiger partial charge in [-0.25, -0.2) is 0 Å². The minimum atomic E-state index is 0.246. The molecule has 0 saturated heterocycles. The van der Waals surface area contributed by atoms with Gasteiger partial charge in [0.2, 0.25) is 0 Å². The van der Waals surface area contributed by atoms with Crippen LogP contribution in [0.3, 0.4) is 0 Å². The molecular weight excluding hydrogens is 162 g/mol. The van der Waals surface area contributed by atoms with Crippen molar-refractivity contribution in [2.45, 2.75) is 38.1 Å². The van der Waals surface area contributed by atoms with E-state index in [9.17, 15) is 0 Å². The van der Waals surface area contributed by atoms with Gasteiger partial charge in [-0.2, -0.15) is 5.10 Å². The highest BCUT2D eigenvalue weighted by Gasteiger charge is 2.28. The first kappa shape index (κ1) is 8.48. The Labute approximate surface area is 78.6 Å². The predicted octanol–water partition coefficient (Wildman–Crippen LogP) is 2.22. The van der Waals surface area contributed by atoms with Crippen LogP contribution in [0.15, 0.2) is 18.3 Å². The third-order valence-electron chi connectivity index (χ3n) is 2.71. The van der Waals surface area contributed by atoms with Crippen molar-refractivity contribution in [3.8, 4) is 0 Å². The summed E-state index contributed by atoms with van der Waals surface area (Å²) < 4.78 is 0. The van der Waals surface area contributed by atoms with Crippen LogP contribution in [0, 0.1) is 0 Å². The number of hydrogen-bond donors (Lipinski definition) is 1. The van der Waals surface area contributed by atoms with Gasteiger partial charge in [-0.3, -0.25) is 0 Å². The fraction of sp³-hybridized carbons (Fsp3) is 0.600. The fourth-order valence-electron chi connectivity index (χ4n) is 1.96. The molecule has 0 radical (unpaired) electrons. The molecule has 2 rings (SSSR count). The molecular formula is C10H15N3. The molecule has 13 heavy (non-hydrogen) atoms. The Morgan fingerprint density at radius 3 is 2.77 bits per heavy atom. The van der Waals surface area contributed by atoms with Gasteiger partial charge in [-0.1, -0.05) is 12.8 Å². The van der Waals surface area contributed by atoms with Crippen molar-refractivity contribution in [3.63, 3.8) is 0 Å². The molecule has 0 aromatic carbocycles. The summed E-state index contributed by atoms with van der Waals surface area (Å²) in [7, 11) is 0. The third kappa shape index (κ3) is 1.97. The fourth-order valence-corrected chi connectivity index (χ4v) is 1.96. The van der Waals surface area contributed by atoms with Gasteiger partial charge >= 0.3 is 0 Å². The van der Waals surface area contributed by atoms with Gasteiger partial charge in [0.25, 0.3) is 0 Å². The SMILES string of the molecule is CC1(Nc2cccnn2)CCCC1. The molecule has 3 nitrogen and oxygen atoms in total. The van der Waals surface area contributed by atoms with Crippen LogP contribution in [0.4, 0.5) is 5.82 Å². The molecule has 1 aromatic rings. The molecule has 0 unspecified atom stereocenters. The van der Waals surface area contributed by atoms with Gasteiger partial charge in [0.05, 0.1) is 0 Å². The van der Waals surface area contributed by atoms with Crippen molar-refractivity contribution >= 4 is 5.82 Å². The van der Waals surface area contributed by atoms with Crippen LogP contribution < -0.4 is 5.32 Å². The van der Waals surface area contributed by atoms with Crippen LogP contribution in [-0.2, 0) is 0 Å². The first-order chi connectivity index (χ1) is 6.29. The molecule has 1 saturated carbocycles. The molecule has 0 spiro atoms. The average Bonchev–Trinajstić information content (AvgIpc) is 2.54. The third-order valence-corrected chi connectivity index (χ3v) is 2.71. The summed E-state index contributed by atoms with van der Waals surface area (Å²) in [4.78, 5) is 0. The summed E-state index contributed by atoms with van der Waals surface area (Å²) >= 11 is 0. The molecule has 3 heteroatoms. The van der Waals surface area contributed by atoms with Crippen molar-refractivity contribution in [3.05, 3.63) is 18.3 Å². The molecule has 0 atom stereocenters. The van der Waals surface area contributed by atoms with Crippen molar-refractivity contribution in [2.75, 3.05) is 5.32 Å². The molecule has 0 aliphatic heterocycles. The number of rotatable bonds is 2. The van der Waals surface area contributed by atoms with Crippen LogP contribution in [-0.4, -0.2) is 15.7 Å². The summed E-state index contributed by atoms with van der Waals surface area (Å²) in [5.74, 6) is 0.895.